The zero-order chi connectivity index (χ0) is 14.8. The van der Waals surface area contributed by atoms with Crippen LogP contribution >= 0.6 is 15.9 Å². The minimum atomic E-state index is -0.150. The van der Waals surface area contributed by atoms with Gasteiger partial charge in [0, 0.05) is 23.4 Å². The predicted octanol–water partition coefficient (Wildman–Crippen LogP) is 2.80. The van der Waals surface area contributed by atoms with Gasteiger partial charge in [-0.25, -0.2) is 9.97 Å². The Kier molecular flexibility index (Phi) is 3.88. The minimum absolute atomic E-state index is 0.0661. The molecule has 0 bridgehead atoms. The Morgan fingerprint density at radius 1 is 1.33 bits per heavy atom. The number of rotatable bonds is 2. The zero-order valence-electron chi connectivity index (χ0n) is 11.4. The Hall–Kier alpha value is -1.95. The molecule has 2 aromatic rings. The van der Waals surface area contributed by atoms with Crippen molar-refractivity contribution in [2.75, 3.05) is 12.3 Å². The van der Waals surface area contributed by atoms with E-state index >= 15 is 0 Å². The van der Waals surface area contributed by atoms with Crippen LogP contribution in [0, 0.1) is 0 Å². The van der Waals surface area contributed by atoms with Gasteiger partial charge in [0.05, 0.1) is 6.04 Å². The Labute approximate surface area is 131 Å². The number of hydrogen-bond acceptors (Lipinski definition) is 4. The highest BCUT2D eigenvalue weighted by Crippen LogP contribution is 2.34. The van der Waals surface area contributed by atoms with Crippen molar-refractivity contribution in [3.05, 3.63) is 52.4 Å². The first-order valence-electron chi connectivity index (χ1n) is 6.80. The van der Waals surface area contributed by atoms with Crippen LogP contribution in [0.15, 0.2) is 41.1 Å². The number of likely N-dealkylation sites (tertiary alicyclic amines) is 1. The van der Waals surface area contributed by atoms with Crippen molar-refractivity contribution in [2.24, 2.45) is 0 Å². The number of hydrogen-bond donors (Lipinski definition) is 1. The van der Waals surface area contributed by atoms with E-state index in [-0.39, 0.29) is 23.5 Å². The van der Waals surface area contributed by atoms with Crippen molar-refractivity contribution in [1.29, 1.82) is 0 Å². The first kappa shape index (κ1) is 14.0. The van der Waals surface area contributed by atoms with Gasteiger partial charge < -0.3 is 10.6 Å². The number of nitrogens with two attached hydrogens (primary N) is 1. The number of benzene rings is 1. The molecule has 1 aromatic heterocycles. The van der Waals surface area contributed by atoms with Gasteiger partial charge in [0.25, 0.3) is 5.91 Å². The lowest BCUT2D eigenvalue weighted by Gasteiger charge is -2.25. The highest BCUT2D eigenvalue weighted by molar-refractivity contribution is 9.10. The summed E-state index contributed by atoms with van der Waals surface area (Å²) in [5.41, 5.74) is 7.13. The van der Waals surface area contributed by atoms with E-state index in [0.29, 0.717) is 6.54 Å². The largest absolute Gasteiger partial charge is 0.382 e. The van der Waals surface area contributed by atoms with E-state index in [1.54, 1.807) is 0 Å². The predicted molar refractivity (Wildman–Crippen MR) is 83.6 cm³/mol. The molecule has 0 radical (unpaired) electrons. The van der Waals surface area contributed by atoms with E-state index in [1.807, 2.05) is 23.1 Å². The third kappa shape index (κ3) is 2.76. The summed E-state index contributed by atoms with van der Waals surface area (Å²) in [6.07, 6.45) is 4.90. The molecule has 1 aliphatic rings. The van der Waals surface area contributed by atoms with Crippen LogP contribution in [0.25, 0.3) is 0 Å². The summed E-state index contributed by atoms with van der Waals surface area (Å²) < 4.78 is 1.01. The molecule has 21 heavy (non-hydrogen) atoms. The Bertz CT molecular complexity index is 676. The zero-order valence-corrected chi connectivity index (χ0v) is 13.0. The number of aromatic nitrogens is 2. The molecule has 6 heteroatoms. The van der Waals surface area contributed by atoms with E-state index in [0.717, 1.165) is 22.9 Å². The molecule has 5 nitrogen and oxygen atoms in total. The Morgan fingerprint density at radius 2 is 2.14 bits per heavy atom. The number of halogens is 1. The van der Waals surface area contributed by atoms with Gasteiger partial charge in [-0.2, -0.15) is 0 Å². The maximum Gasteiger partial charge on any atom is 0.276 e. The van der Waals surface area contributed by atoms with Gasteiger partial charge in [-0.15, -0.1) is 0 Å². The lowest BCUT2D eigenvalue weighted by atomic mass is 10.0. The summed E-state index contributed by atoms with van der Waals surface area (Å²) in [4.78, 5) is 22.5. The summed E-state index contributed by atoms with van der Waals surface area (Å²) in [6, 6.07) is 8.12. The maximum atomic E-state index is 12.7. The molecule has 0 aliphatic carbocycles. The number of nitrogens with zero attached hydrogens (tertiary/aromatic N) is 3. The molecular weight excluding hydrogens is 332 g/mol. The first-order valence-corrected chi connectivity index (χ1v) is 7.59. The molecule has 1 atom stereocenters. The van der Waals surface area contributed by atoms with Crippen LogP contribution in [0.3, 0.4) is 0 Å². The smallest absolute Gasteiger partial charge is 0.276 e. The second-order valence-electron chi connectivity index (χ2n) is 5.00. The van der Waals surface area contributed by atoms with E-state index in [1.165, 1.54) is 12.4 Å². The van der Waals surface area contributed by atoms with E-state index in [9.17, 15) is 4.79 Å². The fourth-order valence-electron chi connectivity index (χ4n) is 2.72. The highest BCUT2D eigenvalue weighted by atomic mass is 79.9. The summed E-state index contributed by atoms with van der Waals surface area (Å²) in [6.45, 7) is 0.714. The molecule has 1 amide bonds. The fraction of sp³-hybridized carbons (Fsp3) is 0.267. The molecule has 2 heterocycles. The molecular formula is C15H15BrN4O. The first-order chi connectivity index (χ1) is 10.2. The summed E-state index contributed by atoms with van der Waals surface area (Å²) in [7, 11) is 0. The average molecular weight is 347 g/mol. The van der Waals surface area contributed by atoms with Crippen LogP contribution in [-0.2, 0) is 0 Å². The lowest BCUT2D eigenvalue weighted by molar-refractivity contribution is 0.0730. The molecule has 1 aromatic carbocycles. The van der Waals surface area contributed by atoms with Gasteiger partial charge in [-0.1, -0.05) is 28.1 Å². The molecule has 0 saturated carbocycles. The second kappa shape index (κ2) is 5.81. The molecule has 1 unspecified atom stereocenters. The van der Waals surface area contributed by atoms with Crippen LogP contribution in [0.5, 0.6) is 0 Å². The molecule has 108 valence electrons. The minimum Gasteiger partial charge on any atom is -0.382 e. The Balaban J connectivity index is 1.91. The molecule has 2 N–H and O–H groups in total. The number of amides is 1. The standard InChI is InChI=1S/C15H15BrN4O/c16-11-4-1-3-10(9-11)12-5-2-8-20(12)15(21)13-14(17)19-7-6-18-13/h1,3-4,6-7,9,12H,2,5,8H2,(H2,17,19). The van der Waals surface area contributed by atoms with E-state index in [4.69, 9.17) is 5.73 Å². The number of carbonyl (C=O) groups excluding carboxylic acids is 1. The molecule has 1 aliphatic heterocycles. The molecule has 1 fully saturated rings. The van der Waals surface area contributed by atoms with Gasteiger partial charge >= 0.3 is 0 Å². The van der Waals surface area contributed by atoms with Crippen LogP contribution in [0.4, 0.5) is 5.82 Å². The second-order valence-corrected chi connectivity index (χ2v) is 5.92. The molecule has 1 saturated heterocycles. The average Bonchev–Trinajstić information content (AvgIpc) is 2.96. The SMILES string of the molecule is Nc1nccnc1C(=O)N1CCCC1c1cccc(Br)c1. The van der Waals surface area contributed by atoms with E-state index < -0.39 is 0 Å². The summed E-state index contributed by atoms with van der Waals surface area (Å²) >= 11 is 3.48. The van der Waals surface area contributed by atoms with E-state index in [2.05, 4.69) is 32.0 Å². The van der Waals surface area contributed by atoms with Crippen LogP contribution < -0.4 is 5.73 Å². The van der Waals surface area contributed by atoms with Crippen molar-refractivity contribution in [3.63, 3.8) is 0 Å². The topological polar surface area (TPSA) is 72.1 Å². The maximum absolute atomic E-state index is 12.7. The monoisotopic (exact) mass is 346 g/mol. The van der Waals surface area contributed by atoms with Crippen LogP contribution in [0.2, 0.25) is 0 Å². The van der Waals surface area contributed by atoms with Crippen molar-refractivity contribution >= 4 is 27.7 Å². The van der Waals surface area contributed by atoms with Gasteiger partial charge in [-0.3, -0.25) is 4.79 Å². The van der Waals surface area contributed by atoms with Crippen molar-refractivity contribution in [1.82, 2.24) is 14.9 Å². The van der Waals surface area contributed by atoms with Gasteiger partial charge in [0.2, 0.25) is 0 Å². The summed E-state index contributed by atoms with van der Waals surface area (Å²) in [5.74, 6) is 0.0328. The van der Waals surface area contributed by atoms with Crippen LogP contribution in [0.1, 0.15) is 34.9 Å². The van der Waals surface area contributed by atoms with Gasteiger partial charge in [0.1, 0.15) is 0 Å². The third-order valence-corrected chi connectivity index (χ3v) is 4.17. The number of anilines is 1. The summed E-state index contributed by atoms with van der Waals surface area (Å²) in [5, 5.41) is 0. The normalized spacial score (nSPS) is 18.0. The number of nitrogen functional groups attached to an aromatic ring is 1. The number of carbonyl (C=O) groups is 1. The lowest BCUT2D eigenvalue weighted by Crippen LogP contribution is -2.32. The van der Waals surface area contributed by atoms with Crippen molar-refractivity contribution in [2.45, 2.75) is 18.9 Å². The Morgan fingerprint density at radius 3 is 2.90 bits per heavy atom. The van der Waals surface area contributed by atoms with Gasteiger partial charge in [-0.05, 0) is 30.5 Å². The third-order valence-electron chi connectivity index (χ3n) is 3.68. The van der Waals surface area contributed by atoms with Crippen molar-refractivity contribution < 1.29 is 4.79 Å². The van der Waals surface area contributed by atoms with Crippen LogP contribution in [-0.4, -0.2) is 27.3 Å². The quantitative estimate of drug-likeness (QED) is 0.907. The highest BCUT2D eigenvalue weighted by Gasteiger charge is 2.32. The molecule has 3 rings (SSSR count). The van der Waals surface area contributed by atoms with Crippen molar-refractivity contribution in [3.8, 4) is 0 Å². The molecule has 0 spiro atoms. The van der Waals surface area contributed by atoms with Gasteiger partial charge in [0.15, 0.2) is 11.5 Å². The fourth-order valence-corrected chi connectivity index (χ4v) is 3.14.